The molecule has 10 aliphatic rings. The maximum Gasteiger partial charge on any atom is 0.333 e. The number of nitrogens with zero attached hydrogens (tertiary/aromatic N) is 2. The van der Waals surface area contributed by atoms with Gasteiger partial charge in [-0.25, -0.2) is 0 Å². The summed E-state index contributed by atoms with van der Waals surface area (Å²) < 4.78 is 17.5. The Kier molecular flexibility index (Phi) is 8.55. The molecule has 9 aromatic carbocycles. The third kappa shape index (κ3) is 6.03. The molecule has 0 amide bonds. The minimum Gasteiger partial charge on any atom is -0.456 e. The van der Waals surface area contributed by atoms with Crippen molar-refractivity contribution in [2.45, 2.75) is 114 Å². The number of hydrogen-bond donors (Lipinski definition) is 0. The molecule has 5 heterocycles. The summed E-state index contributed by atoms with van der Waals surface area (Å²) in [7, 11) is 0. The normalized spacial score (nSPS) is 26.7. The Labute approximate surface area is 473 Å². The van der Waals surface area contributed by atoms with E-state index < -0.39 is 0 Å². The number of fused-ring (bicyclic) bond motifs is 15. The van der Waals surface area contributed by atoms with Crippen molar-refractivity contribution in [3.05, 3.63) is 174 Å². The van der Waals surface area contributed by atoms with Crippen LogP contribution in [0.25, 0.3) is 98.7 Å². The largest absolute Gasteiger partial charge is 0.456 e. The lowest BCUT2D eigenvalue weighted by atomic mass is 9.44. The van der Waals surface area contributed by atoms with E-state index in [1.807, 2.05) is 0 Å². The number of benzene rings is 9. The Morgan fingerprint density at radius 3 is 1.79 bits per heavy atom. The van der Waals surface area contributed by atoms with Crippen molar-refractivity contribution < 1.29 is 8.83 Å². The average molecular weight is 1050 g/mol. The molecule has 12 aromatic rings. The van der Waals surface area contributed by atoms with Crippen molar-refractivity contribution >= 4 is 111 Å². The van der Waals surface area contributed by atoms with E-state index in [0.717, 1.165) is 68.6 Å². The highest BCUT2D eigenvalue weighted by atomic mass is 16.3. The number of aromatic nitrogens is 1. The third-order valence-corrected chi connectivity index (χ3v) is 23.1. The van der Waals surface area contributed by atoms with E-state index in [2.05, 4.69) is 188 Å². The van der Waals surface area contributed by atoms with Crippen LogP contribution in [0.2, 0.25) is 0 Å². The summed E-state index contributed by atoms with van der Waals surface area (Å²) in [6.45, 7) is 6.87. The molecule has 394 valence electrons. The fourth-order valence-electron chi connectivity index (χ4n) is 20.6. The van der Waals surface area contributed by atoms with Gasteiger partial charge in [0.1, 0.15) is 22.3 Å². The first-order chi connectivity index (χ1) is 39.6. The van der Waals surface area contributed by atoms with E-state index in [0.29, 0.717) is 0 Å². The van der Waals surface area contributed by atoms with Gasteiger partial charge in [0.25, 0.3) is 0 Å². The molecule has 5 heteroatoms. The van der Waals surface area contributed by atoms with Crippen molar-refractivity contribution in [3.63, 3.8) is 0 Å². The zero-order valence-corrected chi connectivity index (χ0v) is 46.7. The maximum absolute atomic E-state index is 7.47. The molecule has 0 atom stereocenters. The smallest absolute Gasteiger partial charge is 0.333 e. The number of hydrogen-bond acceptors (Lipinski definition) is 3. The van der Waals surface area contributed by atoms with Crippen molar-refractivity contribution in [3.8, 4) is 22.3 Å². The predicted molar refractivity (Wildman–Crippen MR) is 336 cm³/mol. The quantitative estimate of drug-likeness (QED) is 0.165. The lowest BCUT2D eigenvalue weighted by molar-refractivity contribution is -0.00527. The van der Waals surface area contributed by atoms with E-state index in [1.165, 1.54) is 176 Å². The SMILES string of the molecule is CC(C)(C)c1ccc(N2c3cc4c(cc3B3c5c2cc2c(oc6ccccc62)c5-c2cc(C56CC7CC(CC(C7)C5)C6)cc5c6cc(C78CC9CC(CC(C9)C7)C8)ccc6n3c25)oc2cc3ccccc3cc24)c(-c2ccccc2)c1. The van der Waals surface area contributed by atoms with Crippen LogP contribution >= 0.6 is 0 Å². The summed E-state index contributed by atoms with van der Waals surface area (Å²) in [5.41, 5.74) is 22.8. The molecule has 81 heavy (non-hydrogen) atoms. The molecule has 4 nitrogen and oxygen atoms in total. The maximum atomic E-state index is 7.47. The molecule has 3 aromatic heterocycles. The summed E-state index contributed by atoms with van der Waals surface area (Å²) in [5, 5.41) is 9.96. The van der Waals surface area contributed by atoms with Crippen molar-refractivity contribution in [1.82, 2.24) is 4.48 Å². The first kappa shape index (κ1) is 45.2. The highest BCUT2D eigenvalue weighted by molar-refractivity contribution is 6.90. The van der Waals surface area contributed by atoms with Gasteiger partial charge in [-0.1, -0.05) is 106 Å². The van der Waals surface area contributed by atoms with Gasteiger partial charge in [0, 0.05) is 71.4 Å². The van der Waals surface area contributed by atoms with Crippen molar-refractivity contribution in [2.24, 2.45) is 35.5 Å². The monoisotopic (exact) mass is 1050 g/mol. The fourth-order valence-corrected chi connectivity index (χ4v) is 20.6. The van der Waals surface area contributed by atoms with Crippen LogP contribution < -0.4 is 15.8 Å². The van der Waals surface area contributed by atoms with E-state index >= 15 is 0 Å². The zero-order chi connectivity index (χ0) is 53.0. The predicted octanol–water partition coefficient (Wildman–Crippen LogP) is 19.1. The molecule has 0 radical (unpaired) electrons. The number of rotatable bonds is 4. The van der Waals surface area contributed by atoms with Crippen LogP contribution in [0.1, 0.15) is 115 Å². The Morgan fingerprint density at radius 2 is 1.07 bits per heavy atom. The Hall–Kier alpha value is -7.50. The fraction of sp³-hybridized carbons (Fsp3) is 0.316. The van der Waals surface area contributed by atoms with Crippen LogP contribution in [0.15, 0.2) is 167 Å². The molecule has 8 saturated carbocycles. The van der Waals surface area contributed by atoms with Gasteiger partial charge in [0.05, 0.1) is 5.69 Å². The molecule has 0 unspecified atom stereocenters. The third-order valence-electron chi connectivity index (χ3n) is 23.1. The van der Waals surface area contributed by atoms with Gasteiger partial charge in [-0.05, 0) is 246 Å². The highest BCUT2D eigenvalue weighted by Gasteiger charge is 2.54. The van der Waals surface area contributed by atoms with Gasteiger partial charge in [0.2, 0.25) is 0 Å². The van der Waals surface area contributed by atoms with Gasteiger partial charge in [-0.3, -0.25) is 0 Å². The first-order valence-corrected chi connectivity index (χ1v) is 31.1. The molecule has 0 spiro atoms. The summed E-state index contributed by atoms with van der Waals surface area (Å²) in [6.07, 6.45) is 16.7. The standard InChI is InChI=1S/C76H65BN2O2/c1-74(2,3)51-17-19-63(55(29-51)48-11-5-4-6-12-48)78-65-33-58-57-27-49-13-7-8-14-50(49)28-68(57)80-69(58)35-62(65)77-71-66(78)34-60-54-15-9-10-16-67(54)81-73(60)70(71)61-32-53(76-39-45-24-46(40-76)26-47(25-45)41-76)31-59-56-30-52(18-20-64(56)79(77)72(59)61)75-36-42-21-43(37-75)23-44(22-42)38-75/h4-20,27-35,42-47H,21-26,36-41H2,1-3H3. The van der Waals surface area contributed by atoms with E-state index in [9.17, 15) is 0 Å². The van der Waals surface area contributed by atoms with Crippen LogP contribution in [-0.4, -0.2) is 11.3 Å². The summed E-state index contributed by atoms with van der Waals surface area (Å²) in [5.74, 6) is 5.16. The summed E-state index contributed by atoms with van der Waals surface area (Å²) >= 11 is 0. The number of anilines is 3. The first-order valence-electron chi connectivity index (χ1n) is 31.1. The number of para-hydroxylation sites is 1. The van der Waals surface area contributed by atoms with Gasteiger partial charge in [-0.2, -0.15) is 0 Å². The second kappa shape index (κ2) is 15.3. The van der Waals surface area contributed by atoms with Crippen LogP contribution in [0, 0.1) is 35.5 Å². The molecule has 8 fully saturated rings. The zero-order valence-electron chi connectivity index (χ0n) is 46.7. The van der Waals surface area contributed by atoms with Crippen LogP contribution in [0.3, 0.4) is 0 Å². The molecule has 22 rings (SSSR count). The highest BCUT2D eigenvalue weighted by Crippen LogP contribution is 2.64. The summed E-state index contributed by atoms with van der Waals surface area (Å²) in [4.78, 5) is 2.68. The van der Waals surface area contributed by atoms with E-state index in [-0.39, 0.29) is 23.1 Å². The molecule has 0 saturated heterocycles. The average Bonchev–Trinajstić information content (AvgIpc) is 1.91. The molecule has 8 aliphatic carbocycles. The minimum atomic E-state index is -0.173. The Morgan fingerprint density at radius 1 is 0.457 bits per heavy atom. The van der Waals surface area contributed by atoms with Crippen LogP contribution in [-0.2, 0) is 16.2 Å². The van der Waals surface area contributed by atoms with Gasteiger partial charge in [0.15, 0.2) is 0 Å². The van der Waals surface area contributed by atoms with Gasteiger partial charge < -0.3 is 18.2 Å². The topological polar surface area (TPSA) is 34.5 Å². The Bertz CT molecular complexity index is 4720. The lowest BCUT2D eigenvalue weighted by Gasteiger charge is -2.57. The van der Waals surface area contributed by atoms with Crippen LogP contribution in [0.4, 0.5) is 17.1 Å². The van der Waals surface area contributed by atoms with Gasteiger partial charge >= 0.3 is 6.85 Å². The van der Waals surface area contributed by atoms with E-state index in [1.54, 1.807) is 11.1 Å². The molecular formula is C76H65BN2O2. The second-order valence-electron chi connectivity index (χ2n) is 28.9. The minimum absolute atomic E-state index is 0.0556. The van der Waals surface area contributed by atoms with Crippen molar-refractivity contribution in [1.29, 1.82) is 0 Å². The van der Waals surface area contributed by atoms with Gasteiger partial charge in [-0.15, -0.1) is 0 Å². The molecular weight excluding hydrogens is 984 g/mol. The van der Waals surface area contributed by atoms with Crippen LogP contribution in [0.5, 0.6) is 0 Å². The number of furan rings is 2. The van der Waals surface area contributed by atoms with Crippen molar-refractivity contribution in [2.75, 3.05) is 4.90 Å². The lowest BCUT2D eigenvalue weighted by Crippen LogP contribution is -2.56. The molecule has 8 bridgehead atoms. The van der Waals surface area contributed by atoms with E-state index in [4.69, 9.17) is 8.83 Å². The Balaban J connectivity index is 0.947. The molecule has 0 N–H and O–H groups in total. The second-order valence-corrected chi connectivity index (χ2v) is 28.9. The summed E-state index contributed by atoms with van der Waals surface area (Å²) in [6, 6.07) is 61.8. The molecule has 2 aliphatic heterocycles.